The Labute approximate surface area is 206 Å². The van der Waals surface area contributed by atoms with Gasteiger partial charge in [-0.25, -0.2) is 0 Å². The molecule has 1 fully saturated rings. The molecule has 1 aliphatic rings. The molecule has 34 heavy (non-hydrogen) atoms. The number of nitrogens with one attached hydrogen (secondary N) is 1. The summed E-state index contributed by atoms with van der Waals surface area (Å²) >= 11 is 3.47. The molecule has 8 nitrogen and oxygen atoms in total. The lowest BCUT2D eigenvalue weighted by atomic mass is 9.99. The zero-order valence-corrected chi connectivity index (χ0v) is 20.3. The summed E-state index contributed by atoms with van der Waals surface area (Å²) in [6, 6.07) is 13.4. The number of primary amides is 1. The molecule has 0 bridgehead atoms. The third-order valence-corrected chi connectivity index (χ3v) is 6.10. The molecule has 1 aliphatic heterocycles. The first kappa shape index (κ1) is 23.7. The molecule has 0 atom stereocenters. The van der Waals surface area contributed by atoms with E-state index < -0.39 is 5.91 Å². The van der Waals surface area contributed by atoms with Gasteiger partial charge in [-0.3, -0.25) is 14.7 Å². The third-order valence-electron chi connectivity index (χ3n) is 5.60. The third kappa shape index (κ3) is 5.20. The van der Waals surface area contributed by atoms with Crippen LogP contribution in [-0.4, -0.2) is 55.7 Å². The normalized spacial score (nSPS) is 14.6. The molecule has 2 heterocycles. The van der Waals surface area contributed by atoms with Gasteiger partial charge in [-0.15, -0.1) is 0 Å². The van der Waals surface area contributed by atoms with E-state index in [0.29, 0.717) is 58.8 Å². The Morgan fingerprint density at radius 3 is 2.82 bits per heavy atom. The lowest BCUT2D eigenvalue weighted by Gasteiger charge is -2.25. The SMILES string of the molecule is COc1cc(C(=CCN2CCOCC2)C(N)=O)cc2c(Nc3cccc(Br)c3)c(C#N)cnc12. The highest BCUT2D eigenvalue weighted by Crippen LogP contribution is 2.36. The van der Waals surface area contributed by atoms with Gasteiger partial charge in [0.05, 0.1) is 31.6 Å². The summed E-state index contributed by atoms with van der Waals surface area (Å²) in [5.41, 5.74) is 9.05. The number of amides is 1. The molecule has 0 radical (unpaired) electrons. The van der Waals surface area contributed by atoms with Gasteiger partial charge in [-0.1, -0.05) is 28.1 Å². The number of hydrogen-bond donors (Lipinski definition) is 2. The maximum Gasteiger partial charge on any atom is 0.249 e. The van der Waals surface area contributed by atoms with Crippen LogP contribution in [-0.2, 0) is 9.53 Å². The molecule has 1 saturated heterocycles. The summed E-state index contributed by atoms with van der Waals surface area (Å²) in [4.78, 5) is 19.1. The zero-order valence-electron chi connectivity index (χ0n) is 18.7. The number of fused-ring (bicyclic) bond motifs is 1. The number of benzene rings is 2. The van der Waals surface area contributed by atoms with Crippen molar-refractivity contribution in [3.8, 4) is 11.8 Å². The fourth-order valence-electron chi connectivity index (χ4n) is 3.88. The first-order valence-electron chi connectivity index (χ1n) is 10.7. The number of rotatable bonds is 7. The number of morpholine rings is 1. The van der Waals surface area contributed by atoms with Gasteiger partial charge in [0.15, 0.2) is 0 Å². The van der Waals surface area contributed by atoms with Crippen LogP contribution in [0.25, 0.3) is 16.5 Å². The molecule has 3 N–H and O–H groups in total. The monoisotopic (exact) mass is 521 g/mol. The molecule has 174 valence electrons. The summed E-state index contributed by atoms with van der Waals surface area (Å²) in [6.45, 7) is 3.48. The molecule has 1 amide bonds. The number of halogens is 1. The highest BCUT2D eigenvalue weighted by molar-refractivity contribution is 9.10. The first-order chi connectivity index (χ1) is 16.5. The molecule has 0 saturated carbocycles. The van der Waals surface area contributed by atoms with E-state index >= 15 is 0 Å². The van der Waals surface area contributed by atoms with Gasteiger partial charge in [-0.2, -0.15) is 5.26 Å². The van der Waals surface area contributed by atoms with E-state index in [0.717, 1.165) is 23.2 Å². The van der Waals surface area contributed by atoms with Gasteiger partial charge in [0.1, 0.15) is 17.3 Å². The second-order valence-electron chi connectivity index (χ2n) is 7.76. The molecular weight excluding hydrogens is 498 g/mol. The summed E-state index contributed by atoms with van der Waals surface area (Å²) in [6.07, 6.45) is 3.34. The van der Waals surface area contributed by atoms with Gasteiger partial charge in [0.2, 0.25) is 5.91 Å². The molecule has 9 heteroatoms. The number of carbonyl (C=O) groups is 1. The van der Waals surface area contributed by atoms with E-state index in [4.69, 9.17) is 15.2 Å². The van der Waals surface area contributed by atoms with E-state index in [1.807, 2.05) is 36.4 Å². The van der Waals surface area contributed by atoms with Gasteiger partial charge in [0.25, 0.3) is 0 Å². The summed E-state index contributed by atoms with van der Waals surface area (Å²) in [7, 11) is 1.54. The van der Waals surface area contributed by atoms with Crippen LogP contribution in [0, 0.1) is 11.3 Å². The van der Waals surface area contributed by atoms with Crippen molar-refractivity contribution >= 4 is 49.7 Å². The smallest absolute Gasteiger partial charge is 0.249 e. The van der Waals surface area contributed by atoms with Crippen LogP contribution in [0.3, 0.4) is 0 Å². The number of nitriles is 1. The van der Waals surface area contributed by atoms with Crippen LogP contribution in [0.2, 0.25) is 0 Å². The van der Waals surface area contributed by atoms with E-state index in [9.17, 15) is 10.1 Å². The standard InChI is InChI=1S/C25H24BrN5O3/c1-33-22-12-16(20(25(28)32)5-6-31-7-9-34-10-8-31)11-21-23(17(14-27)15-29-24(21)22)30-19-4-2-3-18(26)13-19/h2-5,11-13,15H,6-10H2,1H3,(H2,28,32)(H,29,30). The number of hydrogen-bond acceptors (Lipinski definition) is 7. The highest BCUT2D eigenvalue weighted by atomic mass is 79.9. The van der Waals surface area contributed by atoms with E-state index in [2.05, 4.69) is 37.2 Å². The van der Waals surface area contributed by atoms with E-state index in [1.165, 1.54) is 6.20 Å². The molecule has 2 aromatic carbocycles. The minimum Gasteiger partial charge on any atom is -0.494 e. The van der Waals surface area contributed by atoms with Crippen LogP contribution in [0.4, 0.5) is 11.4 Å². The van der Waals surface area contributed by atoms with Crippen molar-refractivity contribution in [2.45, 2.75) is 0 Å². The Balaban J connectivity index is 1.84. The van der Waals surface area contributed by atoms with Crippen LogP contribution < -0.4 is 15.8 Å². The fourth-order valence-corrected chi connectivity index (χ4v) is 4.28. The Morgan fingerprint density at radius 1 is 1.35 bits per heavy atom. The second kappa shape index (κ2) is 10.7. The number of methoxy groups -OCH3 is 1. The Morgan fingerprint density at radius 2 is 2.15 bits per heavy atom. The number of aromatic nitrogens is 1. The molecule has 1 aromatic heterocycles. The second-order valence-corrected chi connectivity index (χ2v) is 8.68. The van der Waals surface area contributed by atoms with Crippen molar-refractivity contribution in [2.24, 2.45) is 5.73 Å². The van der Waals surface area contributed by atoms with Gasteiger partial charge in [-0.05, 0) is 35.9 Å². The fraction of sp³-hybridized carbons (Fsp3) is 0.240. The lowest BCUT2D eigenvalue weighted by molar-refractivity contribution is -0.112. The highest BCUT2D eigenvalue weighted by Gasteiger charge is 2.18. The van der Waals surface area contributed by atoms with Crippen LogP contribution in [0.1, 0.15) is 11.1 Å². The average Bonchev–Trinajstić information content (AvgIpc) is 2.84. The Hall–Kier alpha value is -3.45. The maximum atomic E-state index is 12.4. The van der Waals surface area contributed by atoms with Gasteiger partial charge in [0, 0.05) is 47.0 Å². The van der Waals surface area contributed by atoms with E-state index in [-0.39, 0.29) is 0 Å². The van der Waals surface area contributed by atoms with Crippen molar-refractivity contribution in [1.29, 1.82) is 5.26 Å². The summed E-state index contributed by atoms with van der Waals surface area (Å²) < 4.78 is 11.9. The molecule has 0 unspecified atom stereocenters. The lowest BCUT2D eigenvalue weighted by Crippen LogP contribution is -2.36. The maximum absolute atomic E-state index is 12.4. The van der Waals surface area contributed by atoms with Crippen LogP contribution >= 0.6 is 15.9 Å². The van der Waals surface area contributed by atoms with Crippen molar-refractivity contribution < 1.29 is 14.3 Å². The van der Waals surface area contributed by atoms with Crippen molar-refractivity contribution in [2.75, 3.05) is 45.3 Å². The number of carbonyl (C=O) groups excluding carboxylic acids is 1. The first-order valence-corrected chi connectivity index (χ1v) is 11.5. The van der Waals surface area contributed by atoms with Gasteiger partial charge < -0.3 is 20.5 Å². The number of nitrogens with two attached hydrogens (primary N) is 1. The number of pyridine rings is 1. The minimum absolute atomic E-state index is 0.365. The molecule has 0 aliphatic carbocycles. The quantitative estimate of drug-likeness (QED) is 0.454. The molecular formula is C25H24BrN5O3. The molecule has 0 spiro atoms. The zero-order chi connectivity index (χ0) is 24.1. The van der Waals surface area contributed by atoms with Crippen molar-refractivity contribution in [3.05, 3.63) is 64.3 Å². The number of nitrogens with zero attached hydrogens (tertiary/aromatic N) is 3. The predicted molar refractivity (Wildman–Crippen MR) is 135 cm³/mol. The predicted octanol–water partition coefficient (Wildman–Crippen LogP) is 3.82. The van der Waals surface area contributed by atoms with Crippen molar-refractivity contribution in [3.63, 3.8) is 0 Å². The minimum atomic E-state index is -0.541. The largest absolute Gasteiger partial charge is 0.494 e. The van der Waals surface area contributed by atoms with Crippen LogP contribution in [0.15, 0.2) is 53.1 Å². The summed E-state index contributed by atoms with van der Waals surface area (Å²) in [5.74, 6) is -0.0617. The Bertz CT molecular complexity index is 1300. The topological polar surface area (TPSA) is 113 Å². The van der Waals surface area contributed by atoms with Crippen LogP contribution in [0.5, 0.6) is 5.75 Å². The number of ether oxygens (including phenoxy) is 2. The average molecular weight is 522 g/mol. The van der Waals surface area contributed by atoms with Gasteiger partial charge >= 0.3 is 0 Å². The molecule has 3 aromatic rings. The Kier molecular flexibility index (Phi) is 7.43. The van der Waals surface area contributed by atoms with E-state index in [1.54, 1.807) is 13.2 Å². The number of anilines is 2. The van der Waals surface area contributed by atoms with Crippen molar-refractivity contribution in [1.82, 2.24) is 9.88 Å². The molecule has 4 rings (SSSR count). The summed E-state index contributed by atoms with van der Waals surface area (Å²) in [5, 5.41) is 13.7.